The van der Waals surface area contributed by atoms with Gasteiger partial charge >= 0.3 is 0 Å². The summed E-state index contributed by atoms with van der Waals surface area (Å²) < 4.78 is 5.14. The highest BCUT2D eigenvalue weighted by Gasteiger charge is 2.21. The zero-order valence-corrected chi connectivity index (χ0v) is 14.1. The molecule has 0 fully saturated rings. The van der Waals surface area contributed by atoms with Crippen LogP contribution >= 0.6 is 11.6 Å². The number of ether oxygens (including phenoxy) is 1. The largest absolute Gasteiger partial charge is 0.385 e. The summed E-state index contributed by atoms with van der Waals surface area (Å²) in [4.78, 5) is 8.84. The Morgan fingerprint density at radius 2 is 1.85 bits per heavy atom. The van der Waals surface area contributed by atoms with Gasteiger partial charge in [-0.3, -0.25) is 0 Å². The van der Waals surface area contributed by atoms with Crippen LogP contribution in [0.2, 0.25) is 5.15 Å². The van der Waals surface area contributed by atoms with Crippen molar-refractivity contribution in [2.75, 3.05) is 25.6 Å². The minimum Gasteiger partial charge on any atom is -0.385 e. The Morgan fingerprint density at radius 1 is 1.20 bits per heavy atom. The van der Waals surface area contributed by atoms with E-state index in [2.05, 4.69) is 49.9 Å². The number of anilines is 1. The summed E-state index contributed by atoms with van der Waals surface area (Å²) in [5.41, 5.74) is 0.0161. The van der Waals surface area contributed by atoms with E-state index in [1.807, 2.05) is 0 Å². The lowest BCUT2D eigenvalue weighted by molar-refractivity contribution is 0.157. The van der Waals surface area contributed by atoms with Crippen molar-refractivity contribution in [2.45, 2.75) is 46.5 Å². The Balaban J connectivity index is 2.76. The number of rotatable bonds is 6. The average molecular weight is 300 g/mol. The molecule has 114 valence electrons. The molecule has 0 radical (unpaired) electrons. The molecular formula is C15H26ClN3O. The first-order chi connectivity index (χ1) is 9.14. The Kier molecular flexibility index (Phi) is 5.78. The molecular weight excluding hydrogens is 274 g/mol. The molecule has 0 aliphatic heterocycles. The van der Waals surface area contributed by atoms with E-state index >= 15 is 0 Å². The van der Waals surface area contributed by atoms with Crippen LogP contribution in [-0.2, 0) is 10.2 Å². The highest BCUT2D eigenvalue weighted by Crippen LogP contribution is 2.24. The zero-order chi connectivity index (χ0) is 15.4. The van der Waals surface area contributed by atoms with Gasteiger partial charge in [0.2, 0.25) is 0 Å². The monoisotopic (exact) mass is 299 g/mol. The molecule has 20 heavy (non-hydrogen) atoms. The van der Waals surface area contributed by atoms with E-state index in [0.717, 1.165) is 31.2 Å². The lowest BCUT2D eigenvalue weighted by Gasteiger charge is -2.25. The van der Waals surface area contributed by atoms with Crippen LogP contribution in [-0.4, -0.2) is 30.2 Å². The molecule has 5 heteroatoms. The maximum absolute atomic E-state index is 6.08. The Hall–Kier alpha value is -0.870. The minimum absolute atomic E-state index is 0.118. The van der Waals surface area contributed by atoms with Gasteiger partial charge in [0.15, 0.2) is 0 Å². The van der Waals surface area contributed by atoms with Gasteiger partial charge in [-0.2, -0.15) is 0 Å². The van der Waals surface area contributed by atoms with Crippen LogP contribution in [0.5, 0.6) is 0 Å². The smallest absolute Gasteiger partial charge is 0.137 e. The van der Waals surface area contributed by atoms with Crippen LogP contribution in [0.1, 0.15) is 46.9 Å². The van der Waals surface area contributed by atoms with Gasteiger partial charge in [-0.15, -0.1) is 0 Å². The van der Waals surface area contributed by atoms with Crippen molar-refractivity contribution < 1.29 is 4.74 Å². The molecule has 0 aliphatic carbocycles. The topological polar surface area (TPSA) is 47.0 Å². The van der Waals surface area contributed by atoms with Crippen LogP contribution in [0, 0.1) is 5.41 Å². The van der Waals surface area contributed by atoms with E-state index in [-0.39, 0.29) is 10.8 Å². The predicted molar refractivity (Wildman–Crippen MR) is 84.5 cm³/mol. The van der Waals surface area contributed by atoms with Gasteiger partial charge in [-0.05, 0) is 11.8 Å². The molecule has 4 nitrogen and oxygen atoms in total. The van der Waals surface area contributed by atoms with Crippen LogP contribution in [0.15, 0.2) is 6.07 Å². The van der Waals surface area contributed by atoms with Gasteiger partial charge in [0, 0.05) is 31.7 Å². The maximum Gasteiger partial charge on any atom is 0.137 e. The van der Waals surface area contributed by atoms with Gasteiger partial charge in [-0.25, -0.2) is 9.97 Å². The SMILES string of the molecule is COCCC(C)(C)CNc1cc(Cl)nc(C(C)(C)C)n1. The van der Waals surface area contributed by atoms with Crippen LogP contribution in [0.25, 0.3) is 0 Å². The molecule has 0 amide bonds. The molecule has 0 saturated heterocycles. The molecule has 0 saturated carbocycles. The Bertz CT molecular complexity index is 441. The second-order valence-corrected chi connectivity index (χ2v) is 7.30. The van der Waals surface area contributed by atoms with Crippen LogP contribution in [0.4, 0.5) is 5.82 Å². The van der Waals surface area contributed by atoms with Crippen molar-refractivity contribution in [2.24, 2.45) is 5.41 Å². The number of nitrogens with zero attached hydrogens (tertiary/aromatic N) is 2. The predicted octanol–water partition coefficient (Wildman–Crippen LogP) is 3.90. The standard InChI is InChI=1S/C15H26ClN3O/c1-14(2,3)13-18-11(16)9-12(19-13)17-10-15(4,5)7-8-20-6/h9H,7-8,10H2,1-6H3,(H,17,18,19). The highest BCUT2D eigenvalue weighted by atomic mass is 35.5. The van der Waals surface area contributed by atoms with Crippen molar-refractivity contribution in [3.63, 3.8) is 0 Å². The third-order valence-electron chi connectivity index (χ3n) is 3.10. The number of aromatic nitrogens is 2. The normalized spacial score (nSPS) is 12.6. The number of halogens is 1. The molecule has 0 aromatic carbocycles. The third kappa shape index (κ3) is 5.63. The van der Waals surface area contributed by atoms with E-state index in [9.17, 15) is 0 Å². The molecule has 1 aromatic rings. The van der Waals surface area contributed by atoms with Crippen LogP contribution < -0.4 is 5.32 Å². The molecule has 0 bridgehead atoms. The summed E-state index contributed by atoms with van der Waals surface area (Å²) in [6.07, 6.45) is 0.988. The van der Waals surface area contributed by atoms with Crippen LogP contribution in [0.3, 0.4) is 0 Å². The van der Waals surface area contributed by atoms with E-state index in [1.54, 1.807) is 13.2 Å². The van der Waals surface area contributed by atoms with Crippen molar-refractivity contribution in [3.05, 3.63) is 17.0 Å². The fourth-order valence-corrected chi connectivity index (χ4v) is 1.82. The zero-order valence-electron chi connectivity index (χ0n) is 13.4. The number of hydrogen-bond acceptors (Lipinski definition) is 4. The van der Waals surface area contributed by atoms with E-state index in [1.165, 1.54) is 0 Å². The molecule has 0 spiro atoms. The highest BCUT2D eigenvalue weighted by molar-refractivity contribution is 6.29. The van der Waals surface area contributed by atoms with Crippen molar-refractivity contribution in [3.8, 4) is 0 Å². The lowest BCUT2D eigenvalue weighted by Crippen LogP contribution is -2.25. The summed E-state index contributed by atoms with van der Waals surface area (Å²) in [6, 6.07) is 1.77. The van der Waals surface area contributed by atoms with Crippen molar-refractivity contribution in [1.29, 1.82) is 0 Å². The first kappa shape index (κ1) is 17.2. The van der Waals surface area contributed by atoms with Crippen molar-refractivity contribution in [1.82, 2.24) is 9.97 Å². The Labute approximate surface area is 127 Å². The molecule has 1 aromatic heterocycles. The quantitative estimate of drug-likeness (QED) is 0.809. The molecule has 1 N–H and O–H groups in total. The second kappa shape index (κ2) is 6.72. The van der Waals surface area contributed by atoms with Gasteiger partial charge in [0.25, 0.3) is 0 Å². The molecule has 0 unspecified atom stereocenters. The van der Waals surface area contributed by atoms with Gasteiger partial charge in [-0.1, -0.05) is 46.2 Å². The minimum atomic E-state index is -0.118. The maximum atomic E-state index is 6.08. The van der Waals surface area contributed by atoms with E-state index < -0.39 is 0 Å². The fraction of sp³-hybridized carbons (Fsp3) is 0.733. The van der Waals surface area contributed by atoms with Gasteiger partial charge in [0.1, 0.15) is 16.8 Å². The molecule has 0 aliphatic rings. The fourth-order valence-electron chi connectivity index (χ4n) is 1.64. The lowest BCUT2D eigenvalue weighted by atomic mass is 9.90. The van der Waals surface area contributed by atoms with Crippen molar-refractivity contribution >= 4 is 17.4 Å². The van der Waals surface area contributed by atoms with E-state index in [4.69, 9.17) is 16.3 Å². The van der Waals surface area contributed by atoms with Gasteiger partial charge < -0.3 is 10.1 Å². The number of methoxy groups -OCH3 is 1. The summed E-state index contributed by atoms with van der Waals surface area (Å²) in [6.45, 7) is 12.2. The summed E-state index contributed by atoms with van der Waals surface area (Å²) in [5, 5.41) is 3.83. The summed E-state index contributed by atoms with van der Waals surface area (Å²) >= 11 is 6.08. The molecule has 1 rings (SSSR count). The second-order valence-electron chi connectivity index (χ2n) is 6.91. The summed E-state index contributed by atoms with van der Waals surface area (Å²) in [5.74, 6) is 1.53. The first-order valence-electron chi connectivity index (χ1n) is 6.92. The number of nitrogens with one attached hydrogen (secondary N) is 1. The first-order valence-corrected chi connectivity index (χ1v) is 7.30. The number of hydrogen-bond donors (Lipinski definition) is 1. The molecule has 0 atom stereocenters. The molecule has 1 heterocycles. The summed E-state index contributed by atoms with van der Waals surface area (Å²) in [7, 11) is 1.73. The van der Waals surface area contributed by atoms with E-state index in [0.29, 0.717) is 5.15 Å². The Morgan fingerprint density at radius 3 is 2.40 bits per heavy atom. The van der Waals surface area contributed by atoms with Gasteiger partial charge in [0.05, 0.1) is 0 Å². The third-order valence-corrected chi connectivity index (χ3v) is 3.29. The average Bonchev–Trinajstić information content (AvgIpc) is 2.32.